The molecule has 0 radical (unpaired) electrons. The molecule has 0 saturated carbocycles. The number of nitrogens with one attached hydrogen (secondary N) is 1. The zero-order valence-electron chi connectivity index (χ0n) is 9.98. The minimum absolute atomic E-state index is 0.0890. The Labute approximate surface area is 110 Å². The van der Waals surface area contributed by atoms with Crippen LogP contribution in [0.15, 0.2) is 42.5 Å². The Morgan fingerprint density at radius 1 is 1.26 bits per heavy atom. The number of rotatable bonds is 2. The van der Waals surface area contributed by atoms with Crippen molar-refractivity contribution in [3.63, 3.8) is 0 Å². The molecule has 0 saturated heterocycles. The van der Waals surface area contributed by atoms with Gasteiger partial charge in [-0.1, -0.05) is 12.0 Å². The zero-order valence-corrected chi connectivity index (χ0v) is 9.98. The van der Waals surface area contributed by atoms with Gasteiger partial charge in [0.25, 0.3) is 5.91 Å². The van der Waals surface area contributed by atoms with E-state index in [2.05, 4.69) is 11.2 Å². The van der Waals surface area contributed by atoms with E-state index in [1.54, 1.807) is 24.3 Å². The molecule has 0 aliphatic heterocycles. The summed E-state index contributed by atoms with van der Waals surface area (Å²) >= 11 is 0. The van der Waals surface area contributed by atoms with Crippen molar-refractivity contribution in [3.05, 3.63) is 59.4 Å². The van der Waals surface area contributed by atoms with Crippen molar-refractivity contribution in [2.24, 2.45) is 0 Å². The number of amides is 1. The summed E-state index contributed by atoms with van der Waals surface area (Å²) in [6, 6.07) is 10.4. The Hall–Kier alpha value is -2.80. The van der Waals surface area contributed by atoms with E-state index in [0.29, 0.717) is 11.3 Å². The van der Waals surface area contributed by atoms with Gasteiger partial charge in [0.15, 0.2) is 0 Å². The predicted octanol–water partition coefficient (Wildman–Crippen LogP) is 2.64. The van der Waals surface area contributed by atoms with Crippen LogP contribution in [0, 0.1) is 18.2 Å². The van der Waals surface area contributed by atoms with Gasteiger partial charge in [-0.3, -0.25) is 4.79 Å². The van der Waals surface area contributed by atoms with Crippen LogP contribution in [0.4, 0.5) is 15.8 Å². The molecule has 0 atom stereocenters. The first-order chi connectivity index (χ1) is 9.10. The third-order valence-corrected chi connectivity index (χ3v) is 2.55. The number of halogens is 1. The predicted molar refractivity (Wildman–Crippen MR) is 73.1 cm³/mol. The Bertz CT molecular complexity index is 674. The molecule has 0 aliphatic carbocycles. The van der Waals surface area contributed by atoms with E-state index in [1.165, 1.54) is 12.1 Å². The Morgan fingerprint density at radius 2 is 2.05 bits per heavy atom. The fourth-order valence-corrected chi connectivity index (χ4v) is 1.61. The highest BCUT2D eigenvalue weighted by Crippen LogP contribution is 2.16. The molecule has 94 valence electrons. The third kappa shape index (κ3) is 2.90. The molecule has 0 unspecified atom stereocenters. The number of carbonyl (C=O) groups is 1. The molecule has 2 aromatic rings. The summed E-state index contributed by atoms with van der Waals surface area (Å²) in [6.45, 7) is 0. The summed E-state index contributed by atoms with van der Waals surface area (Å²) in [4.78, 5) is 12.0. The van der Waals surface area contributed by atoms with Gasteiger partial charge in [-0.05, 0) is 36.4 Å². The van der Waals surface area contributed by atoms with E-state index < -0.39 is 11.7 Å². The van der Waals surface area contributed by atoms with Gasteiger partial charge in [0.05, 0.1) is 5.56 Å². The summed E-state index contributed by atoms with van der Waals surface area (Å²) in [5.74, 6) is 1.47. The second kappa shape index (κ2) is 5.23. The van der Waals surface area contributed by atoms with Crippen molar-refractivity contribution >= 4 is 17.3 Å². The number of nitrogens with two attached hydrogens (primary N) is 1. The van der Waals surface area contributed by atoms with Gasteiger partial charge < -0.3 is 11.1 Å². The first-order valence-electron chi connectivity index (χ1n) is 5.53. The topological polar surface area (TPSA) is 55.1 Å². The van der Waals surface area contributed by atoms with Crippen LogP contribution >= 0.6 is 0 Å². The third-order valence-electron chi connectivity index (χ3n) is 2.55. The molecule has 4 heteroatoms. The Balaban J connectivity index is 2.26. The van der Waals surface area contributed by atoms with E-state index in [-0.39, 0.29) is 11.3 Å². The average molecular weight is 254 g/mol. The molecule has 1 amide bonds. The summed E-state index contributed by atoms with van der Waals surface area (Å²) in [7, 11) is 0. The first-order valence-corrected chi connectivity index (χ1v) is 5.53. The van der Waals surface area contributed by atoms with Crippen LogP contribution in [0.2, 0.25) is 0 Å². The molecule has 0 aliphatic rings. The number of anilines is 2. The highest BCUT2D eigenvalue weighted by atomic mass is 19.1. The lowest BCUT2D eigenvalue weighted by Gasteiger charge is -2.08. The molecule has 0 fully saturated rings. The van der Waals surface area contributed by atoms with Crippen molar-refractivity contribution in [3.8, 4) is 12.3 Å². The number of hydrogen-bond acceptors (Lipinski definition) is 2. The van der Waals surface area contributed by atoms with Crippen molar-refractivity contribution in [1.82, 2.24) is 0 Å². The fraction of sp³-hybridized carbons (Fsp3) is 0. The van der Waals surface area contributed by atoms with Gasteiger partial charge >= 0.3 is 0 Å². The lowest BCUT2D eigenvalue weighted by Crippen LogP contribution is -2.14. The van der Waals surface area contributed by atoms with Crippen LogP contribution in [0.3, 0.4) is 0 Å². The summed E-state index contributed by atoms with van der Waals surface area (Å²) in [5.41, 5.74) is 7.12. The van der Waals surface area contributed by atoms with Gasteiger partial charge in [-0.25, -0.2) is 4.39 Å². The number of hydrogen-bond donors (Lipinski definition) is 2. The Kier molecular flexibility index (Phi) is 3.48. The fourth-order valence-electron chi connectivity index (χ4n) is 1.61. The average Bonchev–Trinajstić information content (AvgIpc) is 2.41. The second-order valence-corrected chi connectivity index (χ2v) is 3.91. The summed E-state index contributed by atoms with van der Waals surface area (Å²) < 4.78 is 13.1. The van der Waals surface area contributed by atoms with Crippen LogP contribution in [-0.2, 0) is 0 Å². The number of nitrogen functional groups attached to an aromatic ring is 1. The van der Waals surface area contributed by atoms with Crippen molar-refractivity contribution in [2.45, 2.75) is 0 Å². The smallest absolute Gasteiger partial charge is 0.257 e. The van der Waals surface area contributed by atoms with Crippen LogP contribution in [-0.4, -0.2) is 5.91 Å². The molecular formula is C15H11FN2O. The highest BCUT2D eigenvalue weighted by molar-refractivity contribution is 6.07. The van der Waals surface area contributed by atoms with Crippen LogP contribution in [0.5, 0.6) is 0 Å². The van der Waals surface area contributed by atoms with Gasteiger partial charge in [-0.2, -0.15) is 0 Å². The van der Waals surface area contributed by atoms with E-state index in [4.69, 9.17) is 12.2 Å². The summed E-state index contributed by atoms with van der Waals surface area (Å²) in [5, 5.41) is 2.62. The standard InChI is InChI=1S/C15H11FN2O/c1-2-10-4-3-5-12(8-10)18-15(19)13-9-11(16)6-7-14(13)17/h1,3-9H,17H2,(H,18,19). The lowest BCUT2D eigenvalue weighted by molar-refractivity contribution is 0.102. The maximum atomic E-state index is 13.1. The highest BCUT2D eigenvalue weighted by Gasteiger charge is 2.11. The minimum Gasteiger partial charge on any atom is -0.398 e. The van der Waals surface area contributed by atoms with Gasteiger partial charge in [0.1, 0.15) is 5.82 Å². The quantitative estimate of drug-likeness (QED) is 0.639. The van der Waals surface area contributed by atoms with Gasteiger partial charge in [-0.15, -0.1) is 6.42 Å². The molecule has 3 N–H and O–H groups in total. The number of benzene rings is 2. The monoisotopic (exact) mass is 254 g/mol. The molecule has 0 aromatic heterocycles. The van der Waals surface area contributed by atoms with Crippen molar-refractivity contribution < 1.29 is 9.18 Å². The second-order valence-electron chi connectivity index (χ2n) is 3.91. The first kappa shape index (κ1) is 12.7. The molecule has 0 spiro atoms. The van der Waals surface area contributed by atoms with Gasteiger partial charge in [0, 0.05) is 16.9 Å². The normalized spacial score (nSPS) is 9.68. The van der Waals surface area contributed by atoms with E-state index in [1.807, 2.05) is 0 Å². The van der Waals surface area contributed by atoms with Crippen LogP contribution in [0.1, 0.15) is 15.9 Å². The number of carbonyl (C=O) groups excluding carboxylic acids is 1. The molecule has 2 rings (SSSR count). The Morgan fingerprint density at radius 3 is 2.79 bits per heavy atom. The van der Waals surface area contributed by atoms with Crippen LogP contribution < -0.4 is 11.1 Å². The van der Waals surface area contributed by atoms with Crippen LogP contribution in [0.25, 0.3) is 0 Å². The maximum Gasteiger partial charge on any atom is 0.257 e. The molecule has 0 bridgehead atoms. The van der Waals surface area contributed by atoms with E-state index >= 15 is 0 Å². The molecule has 3 nitrogen and oxygen atoms in total. The van der Waals surface area contributed by atoms with Crippen molar-refractivity contribution in [1.29, 1.82) is 0 Å². The molecule has 19 heavy (non-hydrogen) atoms. The van der Waals surface area contributed by atoms with Gasteiger partial charge in [0.2, 0.25) is 0 Å². The molecule has 0 heterocycles. The zero-order chi connectivity index (χ0) is 13.8. The largest absolute Gasteiger partial charge is 0.398 e. The minimum atomic E-state index is -0.517. The number of terminal acetylenes is 1. The summed E-state index contributed by atoms with van der Waals surface area (Å²) in [6.07, 6.45) is 5.27. The lowest BCUT2D eigenvalue weighted by atomic mass is 10.1. The van der Waals surface area contributed by atoms with Crippen molar-refractivity contribution in [2.75, 3.05) is 11.1 Å². The molecular weight excluding hydrogens is 243 g/mol. The van der Waals surface area contributed by atoms with E-state index in [9.17, 15) is 9.18 Å². The maximum absolute atomic E-state index is 13.1. The molecule has 2 aromatic carbocycles. The van der Waals surface area contributed by atoms with E-state index in [0.717, 1.165) is 6.07 Å². The SMILES string of the molecule is C#Cc1cccc(NC(=O)c2cc(F)ccc2N)c1.